The molecule has 1 heterocycles. The maximum absolute atomic E-state index is 12.2. The number of rotatable bonds is 3. The number of nitrogens with one attached hydrogen (secondary N) is 1. The molecular weight excluding hydrogens is 186 g/mol. The average molecular weight is 199 g/mol. The highest BCUT2D eigenvalue weighted by Crippen LogP contribution is 2.26. The van der Waals surface area contributed by atoms with Gasteiger partial charge < -0.3 is 5.32 Å². The summed E-state index contributed by atoms with van der Waals surface area (Å²) in [6, 6.07) is -0.714. The Morgan fingerprint density at radius 3 is 2.00 bits per heavy atom. The monoisotopic (exact) mass is 199 g/mol. The van der Waals surface area contributed by atoms with Crippen LogP contribution in [0, 0.1) is 5.92 Å². The molecule has 5 heteroatoms. The molecule has 0 aromatic rings. The first-order chi connectivity index (χ1) is 6.13. The molecule has 0 aromatic heterocycles. The lowest BCUT2D eigenvalue weighted by Gasteiger charge is -2.30. The first kappa shape index (κ1) is 10.8. The minimum absolute atomic E-state index is 0.430. The smallest absolute Gasteiger partial charge is 0.248 e. The van der Waals surface area contributed by atoms with E-state index < -0.39 is 24.8 Å². The van der Waals surface area contributed by atoms with Gasteiger partial charge in [0.05, 0.1) is 5.92 Å². The molecule has 1 fully saturated rings. The fraction of sp³-hybridized carbons (Fsp3) is 1.00. The predicted octanol–water partition coefficient (Wildman–Crippen LogP) is 2.27. The molecule has 1 saturated heterocycles. The Morgan fingerprint density at radius 2 is 1.62 bits per heavy atom. The molecule has 0 aliphatic carbocycles. The normalized spacial score (nSPS) is 24.7. The van der Waals surface area contributed by atoms with E-state index in [-0.39, 0.29) is 0 Å². The van der Waals surface area contributed by atoms with Crippen molar-refractivity contribution in [3.05, 3.63) is 0 Å². The fourth-order valence-corrected chi connectivity index (χ4v) is 1.67. The lowest BCUT2D eigenvalue weighted by atomic mass is 9.93. The molecular formula is C8H13F4N. The van der Waals surface area contributed by atoms with Crippen LogP contribution < -0.4 is 5.32 Å². The minimum Gasteiger partial charge on any atom is -0.313 e. The summed E-state index contributed by atoms with van der Waals surface area (Å²) in [7, 11) is 0. The number of piperidine rings is 1. The van der Waals surface area contributed by atoms with Crippen molar-refractivity contribution in [3.63, 3.8) is 0 Å². The van der Waals surface area contributed by atoms with E-state index in [0.29, 0.717) is 13.0 Å². The Balaban J connectivity index is 2.52. The lowest BCUT2D eigenvalue weighted by Crippen LogP contribution is -2.45. The summed E-state index contributed by atoms with van der Waals surface area (Å²) in [5.41, 5.74) is 0. The molecule has 0 saturated carbocycles. The Bertz CT molecular complexity index is 137. The van der Waals surface area contributed by atoms with Gasteiger partial charge >= 0.3 is 0 Å². The molecule has 1 aliphatic heterocycles. The van der Waals surface area contributed by atoms with Crippen molar-refractivity contribution in [1.29, 1.82) is 0 Å². The van der Waals surface area contributed by atoms with Gasteiger partial charge in [0, 0.05) is 6.04 Å². The Kier molecular flexibility index (Phi) is 3.96. The molecule has 1 N–H and O–H groups in total. The van der Waals surface area contributed by atoms with E-state index in [4.69, 9.17) is 0 Å². The van der Waals surface area contributed by atoms with E-state index in [9.17, 15) is 17.6 Å². The highest BCUT2D eigenvalue weighted by atomic mass is 19.3. The largest absolute Gasteiger partial charge is 0.313 e. The molecule has 0 spiro atoms. The van der Waals surface area contributed by atoms with Gasteiger partial charge in [-0.05, 0) is 19.4 Å². The molecule has 0 bridgehead atoms. The summed E-state index contributed by atoms with van der Waals surface area (Å²) in [4.78, 5) is 0. The minimum atomic E-state index is -2.93. The van der Waals surface area contributed by atoms with Gasteiger partial charge in [-0.1, -0.05) is 6.42 Å². The van der Waals surface area contributed by atoms with E-state index in [1.54, 1.807) is 0 Å². The zero-order chi connectivity index (χ0) is 9.84. The summed E-state index contributed by atoms with van der Waals surface area (Å²) >= 11 is 0. The fourth-order valence-electron chi connectivity index (χ4n) is 1.67. The van der Waals surface area contributed by atoms with Crippen molar-refractivity contribution in [3.8, 4) is 0 Å². The topological polar surface area (TPSA) is 12.0 Å². The SMILES string of the molecule is FC(F)C(C(F)F)C1CCCCN1. The summed E-state index contributed by atoms with van der Waals surface area (Å²) in [5.74, 6) is -1.81. The third-order valence-electron chi connectivity index (χ3n) is 2.39. The maximum Gasteiger partial charge on any atom is 0.248 e. The van der Waals surface area contributed by atoms with Gasteiger partial charge in [-0.25, -0.2) is 17.6 Å². The van der Waals surface area contributed by atoms with Gasteiger partial charge in [0.2, 0.25) is 12.9 Å². The maximum atomic E-state index is 12.2. The highest BCUT2D eigenvalue weighted by Gasteiger charge is 2.37. The molecule has 0 aromatic carbocycles. The number of hydrogen-bond acceptors (Lipinski definition) is 1. The van der Waals surface area contributed by atoms with Gasteiger partial charge in [0.15, 0.2) is 0 Å². The van der Waals surface area contributed by atoms with Crippen LogP contribution in [0.1, 0.15) is 19.3 Å². The Hall–Kier alpha value is -0.320. The molecule has 1 unspecified atom stereocenters. The molecule has 0 amide bonds. The van der Waals surface area contributed by atoms with Crippen molar-refractivity contribution in [2.45, 2.75) is 38.2 Å². The van der Waals surface area contributed by atoms with Crippen LogP contribution in [-0.2, 0) is 0 Å². The number of alkyl halides is 4. The second-order valence-electron chi connectivity index (χ2n) is 3.30. The number of halogens is 4. The van der Waals surface area contributed by atoms with Crippen molar-refractivity contribution in [2.24, 2.45) is 5.92 Å². The quantitative estimate of drug-likeness (QED) is 0.687. The van der Waals surface area contributed by atoms with Gasteiger partial charge in [-0.2, -0.15) is 0 Å². The van der Waals surface area contributed by atoms with Gasteiger partial charge in [0.25, 0.3) is 0 Å². The van der Waals surface area contributed by atoms with E-state index in [0.717, 1.165) is 12.8 Å². The molecule has 78 valence electrons. The molecule has 13 heavy (non-hydrogen) atoms. The van der Waals surface area contributed by atoms with Crippen LogP contribution in [0.15, 0.2) is 0 Å². The van der Waals surface area contributed by atoms with Crippen LogP contribution in [0.5, 0.6) is 0 Å². The van der Waals surface area contributed by atoms with Crippen molar-refractivity contribution >= 4 is 0 Å². The van der Waals surface area contributed by atoms with Gasteiger partial charge in [-0.15, -0.1) is 0 Å². The van der Waals surface area contributed by atoms with Crippen LogP contribution in [0.4, 0.5) is 17.6 Å². The van der Waals surface area contributed by atoms with Crippen molar-refractivity contribution in [1.82, 2.24) is 5.32 Å². The van der Waals surface area contributed by atoms with Crippen molar-refractivity contribution < 1.29 is 17.6 Å². The molecule has 0 radical (unpaired) electrons. The predicted molar refractivity (Wildman–Crippen MR) is 41.1 cm³/mol. The first-order valence-corrected chi connectivity index (χ1v) is 4.42. The summed E-state index contributed by atoms with van der Waals surface area (Å²) in [5, 5.41) is 2.72. The highest BCUT2D eigenvalue weighted by molar-refractivity contribution is 4.82. The molecule has 1 aliphatic rings. The Labute approximate surface area is 74.5 Å². The summed E-state index contributed by atoms with van der Waals surface area (Å²) in [6.45, 7) is 0.570. The van der Waals surface area contributed by atoms with Crippen molar-refractivity contribution in [2.75, 3.05) is 6.54 Å². The third kappa shape index (κ3) is 2.83. The van der Waals surface area contributed by atoms with Crippen LogP contribution in [0.3, 0.4) is 0 Å². The zero-order valence-corrected chi connectivity index (χ0v) is 7.15. The third-order valence-corrected chi connectivity index (χ3v) is 2.39. The first-order valence-electron chi connectivity index (χ1n) is 4.42. The summed E-state index contributed by atoms with van der Waals surface area (Å²) < 4.78 is 48.9. The lowest BCUT2D eigenvalue weighted by molar-refractivity contribution is -0.0487. The molecule has 1 atom stereocenters. The average Bonchev–Trinajstić information content (AvgIpc) is 2.04. The Morgan fingerprint density at radius 1 is 1.00 bits per heavy atom. The second kappa shape index (κ2) is 4.79. The van der Waals surface area contributed by atoms with Crippen LogP contribution in [-0.4, -0.2) is 25.4 Å². The van der Waals surface area contributed by atoms with E-state index in [1.807, 2.05) is 0 Å². The molecule has 1 nitrogen and oxygen atoms in total. The summed E-state index contributed by atoms with van der Waals surface area (Å²) in [6.07, 6.45) is -3.80. The standard InChI is InChI=1S/C8H13F4N/c9-7(10)6(8(11)12)5-3-1-2-4-13-5/h5-8,13H,1-4H2. The van der Waals surface area contributed by atoms with E-state index >= 15 is 0 Å². The zero-order valence-electron chi connectivity index (χ0n) is 7.15. The van der Waals surface area contributed by atoms with Crippen LogP contribution in [0.2, 0.25) is 0 Å². The number of hydrogen-bond donors (Lipinski definition) is 1. The van der Waals surface area contributed by atoms with E-state index in [1.165, 1.54) is 0 Å². The molecule has 1 rings (SSSR count). The van der Waals surface area contributed by atoms with Crippen LogP contribution >= 0.6 is 0 Å². The van der Waals surface area contributed by atoms with E-state index in [2.05, 4.69) is 5.32 Å². The van der Waals surface area contributed by atoms with Gasteiger partial charge in [0.1, 0.15) is 0 Å². The van der Waals surface area contributed by atoms with Crippen LogP contribution in [0.25, 0.3) is 0 Å². The second-order valence-corrected chi connectivity index (χ2v) is 3.30. The van der Waals surface area contributed by atoms with Gasteiger partial charge in [-0.3, -0.25) is 0 Å².